The molecule has 0 aliphatic carbocycles. The Bertz CT molecular complexity index is 928. The zero-order valence-corrected chi connectivity index (χ0v) is 16.0. The Morgan fingerprint density at radius 2 is 1.78 bits per heavy atom. The zero-order chi connectivity index (χ0) is 19.2. The number of nitrogens with zero attached hydrogens (tertiary/aromatic N) is 2. The molecule has 3 aromatic rings. The number of methoxy groups -OCH3 is 2. The van der Waals surface area contributed by atoms with Gasteiger partial charge in [-0.3, -0.25) is 0 Å². The molecule has 3 rings (SSSR count). The van der Waals surface area contributed by atoms with E-state index in [0.29, 0.717) is 24.0 Å². The number of hydrogen-bond donors (Lipinski definition) is 2. The quantitative estimate of drug-likeness (QED) is 0.645. The van der Waals surface area contributed by atoms with Crippen molar-refractivity contribution in [2.75, 3.05) is 24.9 Å². The summed E-state index contributed by atoms with van der Waals surface area (Å²) in [4.78, 5) is 8.85. The molecule has 1 aromatic heterocycles. The Hall–Kier alpha value is -3.28. The van der Waals surface area contributed by atoms with E-state index in [1.54, 1.807) is 20.4 Å². The summed E-state index contributed by atoms with van der Waals surface area (Å²) in [5.41, 5.74) is 4.48. The second-order valence-corrected chi connectivity index (χ2v) is 6.18. The second kappa shape index (κ2) is 8.40. The summed E-state index contributed by atoms with van der Waals surface area (Å²) >= 11 is 0. The van der Waals surface area contributed by atoms with Crippen LogP contribution in [0.1, 0.15) is 16.7 Å². The maximum absolute atomic E-state index is 5.35. The molecule has 0 saturated heterocycles. The first kappa shape index (κ1) is 18.5. The molecule has 0 saturated carbocycles. The number of ether oxygens (including phenoxy) is 2. The lowest BCUT2D eigenvalue weighted by atomic mass is 10.1. The zero-order valence-electron chi connectivity index (χ0n) is 16.0. The third kappa shape index (κ3) is 4.47. The Labute approximate surface area is 159 Å². The number of aromatic nitrogens is 2. The van der Waals surface area contributed by atoms with Crippen LogP contribution in [-0.2, 0) is 6.54 Å². The number of nitrogens with one attached hydrogen (secondary N) is 2. The lowest BCUT2D eigenvalue weighted by Crippen LogP contribution is -2.05. The minimum atomic E-state index is 0.556. The molecule has 6 heteroatoms. The molecule has 27 heavy (non-hydrogen) atoms. The molecule has 0 aliphatic heterocycles. The van der Waals surface area contributed by atoms with Gasteiger partial charge in [-0.2, -0.15) is 4.98 Å². The molecule has 0 fully saturated rings. The highest BCUT2D eigenvalue weighted by Gasteiger charge is 2.06. The molecule has 0 atom stereocenters. The fraction of sp³-hybridized carbons (Fsp3) is 0.238. The van der Waals surface area contributed by atoms with Crippen LogP contribution in [0.25, 0.3) is 0 Å². The van der Waals surface area contributed by atoms with E-state index in [0.717, 1.165) is 17.1 Å². The van der Waals surface area contributed by atoms with Crippen molar-refractivity contribution in [1.29, 1.82) is 0 Å². The maximum Gasteiger partial charge on any atom is 0.229 e. The molecular formula is C21H24N4O2. The van der Waals surface area contributed by atoms with E-state index in [9.17, 15) is 0 Å². The van der Waals surface area contributed by atoms with Crippen molar-refractivity contribution in [3.63, 3.8) is 0 Å². The van der Waals surface area contributed by atoms with Gasteiger partial charge in [0.25, 0.3) is 0 Å². The molecule has 1 heterocycles. The standard InChI is InChI=1S/C21H24N4O2/c1-14-6-5-7-17(15(14)2)24-21-22-11-10-20(25-21)23-13-16-8-9-18(26-3)19(12-16)27-4/h5-12H,13H2,1-4H3,(H2,22,23,24,25). The monoisotopic (exact) mass is 364 g/mol. The number of benzene rings is 2. The first-order valence-corrected chi connectivity index (χ1v) is 8.71. The molecule has 0 unspecified atom stereocenters. The Kier molecular flexibility index (Phi) is 5.76. The van der Waals surface area contributed by atoms with Gasteiger partial charge in [-0.1, -0.05) is 18.2 Å². The minimum Gasteiger partial charge on any atom is -0.493 e. The third-order valence-corrected chi connectivity index (χ3v) is 4.43. The van der Waals surface area contributed by atoms with Crippen LogP contribution in [0.4, 0.5) is 17.5 Å². The van der Waals surface area contributed by atoms with Gasteiger partial charge in [-0.05, 0) is 54.8 Å². The second-order valence-electron chi connectivity index (χ2n) is 6.18. The highest BCUT2D eigenvalue weighted by atomic mass is 16.5. The van der Waals surface area contributed by atoms with Gasteiger partial charge < -0.3 is 20.1 Å². The molecule has 0 spiro atoms. The smallest absolute Gasteiger partial charge is 0.229 e. The molecule has 140 valence electrons. The summed E-state index contributed by atoms with van der Waals surface area (Å²) in [5.74, 6) is 2.72. The van der Waals surface area contributed by atoms with Crippen molar-refractivity contribution < 1.29 is 9.47 Å². The molecular weight excluding hydrogens is 340 g/mol. The highest BCUT2D eigenvalue weighted by Crippen LogP contribution is 2.28. The van der Waals surface area contributed by atoms with Crippen molar-refractivity contribution >= 4 is 17.5 Å². The topological polar surface area (TPSA) is 68.3 Å². The van der Waals surface area contributed by atoms with E-state index in [1.807, 2.05) is 36.4 Å². The average molecular weight is 364 g/mol. The number of anilines is 3. The Balaban J connectivity index is 1.70. The summed E-state index contributed by atoms with van der Waals surface area (Å²) in [5, 5.41) is 6.60. The highest BCUT2D eigenvalue weighted by molar-refractivity contribution is 5.60. The van der Waals surface area contributed by atoms with Gasteiger partial charge in [0.15, 0.2) is 11.5 Å². The van der Waals surface area contributed by atoms with Crippen molar-refractivity contribution in [3.8, 4) is 11.5 Å². The van der Waals surface area contributed by atoms with Crippen molar-refractivity contribution in [2.24, 2.45) is 0 Å². The SMILES string of the molecule is COc1ccc(CNc2ccnc(Nc3cccc(C)c3C)n2)cc1OC. The summed E-state index contributed by atoms with van der Waals surface area (Å²) in [7, 11) is 3.26. The third-order valence-electron chi connectivity index (χ3n) is 4.43. The molecule has 0 bridgehead atoms. The molecule has 6 nitrogen and oxygen atoms in total. The number of rotatable bonds is 7. The van der Waals surface area contributed by atoms with Crippen LogP contribution >= 0.6 is 0 Å². The first-order chi connectivity index (χ1) is 13.1. The predicted octanol–water partition coefficient (Wildman–Crippen LogP) is 4.47. The van der Waals surface area contributed by atoms with Gasteiger partial charge in [-0.15, -0.1) is 0 Å². The van der Waals surface area contributed by atoms with Gasteiger partial charge in [0.1, 0.15) is 5.82 Å². The largest absolute Gasteiger partial charge is 0.493 e. The van der Waals surface area contributed by atoms with Crippen LogP contribution < -0.4 is 20.1 Å². The van der Waals surface area contributed by atoms with E-state index >= 15 is 0 Å². The number of hydrogen-bond acceptors (Lipinski definition) is 6. The minimum absolute atomic E-state index is 0.556. The first-order valence-electron chi connectivity index (χ1n) is 8.71. The van der Waals surface area contributed by atoms with Crippen LogP contribution in [0, 0.1) is 13.8 Å². The van der Waals surface area contributed by atoms with Gasteiger partial charge in [0.05, 0.1) is 14.2 Å². The maximum atomic E-state index is 5.35. The van der Waals surface area contributed by atoms with Gasteiger partial charge in [0.2, 0.25) is 5.95 Å². The van der Waals surface area contributed by atoms with Gasteiger partial charge in [0, 0.05) is 18.4 Å². The summed E-state index contributed by atoms with van der Waals surface area (Å²) in [6.45, 7) is 4.78. The summed E-state index contributed by atoms with van der Waals surface area (Å²) in [6, 6.07) is 13.8. The Morgan fingerprint density at radius 1 is 0.963 bits per heavy atom. The van der Waals surface area contributed by atoms with Crippen LogP contribution in [0.3, 0.4) is 0 Å². The van der Waals surface area contributed by atoms with Crippen molar-refractivity contribution in [1.82, 2.24) is 9.97 Å². The lowest BCUT2D eigenvalue weighted by molar-refractivity contribution is 0.354. The van der Waals surface area contributed by atoms with E-state index < -0.39 is 0 Å². The summed E-state index contributed by atoms with van der Waals surface area (Å²) in [6.07, 6.45) is 1.73. The molecule has 0 radical (unpaired) electrons. The summed E-state index contributed by atoms with van der Waals surface area (Å²) < 4.78 is 10.6. The fourth-order valence-electron chi connectivity index (χ4n) is 2.71. The lowest BCUT2D eigenvalue weighted by Gasteiger charge is -2.12. The van der Waals surface area contributed by atoms with Gasteiger partial charge >= 0.3 is 0 Å². The molecule has 0 amide bonds. The van der Waals surface area contributed by atoms with Gasteiger partial charge in [-0.25, -0.2) is 4.98 Å². The van der Waals surface area contributed by atoms with Crippen LogP contribution in [-0.4, -0.2) is 24.2 Å². The van der Waals surface area contributed by atoms with Crippen molar-refractivity contribution in [3.05, 3.63) is 65.4 Å². The predicted molar refractivity (Wildman–Crippen MR) is 108 cm³/mol. The van der Waals surface area contributed by atoms with E-state index in [1.165, 1.54) is 11.1 Å². The van der Waals surface area contributed by atoms with E-state index in [2.05, 4.69) is 40.5 Å². The Morgan fingerprint density at radius 3 is 2.56 bits per heavy atom. The van der Waals surface area contributed by atoms with Crippen LogP contribution in [0.15, 0.2) is 48.7 Å². The molecule has 2 N–H and O–H groups in total. The van der Waals surface area contributed by atoms with Crippen LogP contribution in [0.2, 0.25) is 0 Å². The van der Waals surface area contributed by atoms with E-state index in [4.69, 9.17) is 9.47 Å². The normalized spacial score (nSPS) is 10.4. The van der Waals surface area contributed by atoms with Crippen molar-refractivity contribution in [2.45, 2.75) is 20.4 Å². The van der Waals surface area contributed by atoms with Crippen LogP contribution in [0.5, 0.6) is 11.5 Å². The molecule has 0 aliphatic rings. The molecule has 2 aromatic carbocycles. The fourth-order valence-corrected chi connectivity index (χ4v) is 2.71. The van der Waals surface area contributed by atoms with E-state index in [-0.39, 0.29) is 0 Å². The average Bonchev–Trinajstić information content (AvgIpc) is 2.70. The number of aryl methyl sites for hydroxylation is 1.